The molecule has 104 valence electrons. The maximum absolute atomic E-state index is 10.7. The van der Waals surface area contributed by atoms with Gasteiger partial charge in [0.1, 0.15) is 0 Å². The number of nitrogens with zero attached hydrogens (tertiary/aromatic N) is 2. The maximum Gasteiger partial charge on any atom is 0.193 e. The summed E-state index contributed by atoms with van der Waals surface area (Å²) < 4.78 is 2.05. The van der Waals surface area contributed by atoms with Gasteiger partial charge in [-0.25, -0.2) is 4.98 Å². The zero-order valence-corrected chi connectivity index (χ0v) is 12.3. The van der Waals surface area contributed by atoms with E-state index < -0.39 is 5.60 Å². The van der Waals surface area contributed by atoms with E-state index in [4.69, 9.17) is 0 Å². The lowest BCUT2D eigenvalue weighted by Crippen LogP contribution is -2.36. The zero-order chi connectivity index (χ0) is 13.3. The standard InChI is InChI=1S/C15H22N2OS/c1-2-3-12-4-6-15(18,7-5-12)10-13-11-17-8-9-19-14(17)16-13/h8-9,11-12,18H,2-7,10H2,1H3. The summed E-state index contributed by atoms with van der Waals surface area (Å²) in [6.45, 7) is 2.25. The molecule has 0 unspecified atom stereocenters. The summed E-state index contributed by atoms with van der Waals surface area (Å²) in [5.74, 6) is 0.829. The summed E-state index contributed by atoms with van der Waals surface area (Å²) in [6.07, 6.45) is 11.6. The average molecular weight is 278 g/mol. The van der Waals surface area contributed by atoms with Gasteiger partial charge in [0.05, 0.1) is 11.3 Å². The van der Waals surface area contributed by atoms with Crippen molar-refractivity contribution in [3.8, 4) is 0 Å². The van der Waals surface area contributed by atoms with Gasteiger partial charge >= 0.3 is 0 Å². The van der Waals surface area contributed by atoms with Gasteiger partial charge in [-0.15, -0.1) is 11.3 Å². The van der Waals surface area contributed by atoms with Crippen LogP contribution in [0.2, 0.25) is 0 Å². The molecule has 1 saturated carbocycles. The van der Waals surface area contributed by atoms with Crippen molar-refractivity contribution in [1.29, 1.82) is 0 Å². The molecule has 3 rings (SSSR count). The molecule has 1 aliphatic rings. The van der Waals surface area contributed by atoms with Crippen LogP contribution < -0.4 is 0 Å². The van der Waals surface area contributed by atoms with Crippen LogP contribution in [0.15, 0.2) is 17.8 Å². The summed E-state index contributed by atoms with van der Waals surface area (Å²) in [4.78, 5) is 5.62. The number of hydrogen-bond acceptors (Lipinski definition) is 3. The third-order valence-electron chi connectivity index (χ3n) is 4.39. The van der Waals surface area contributed by atoms with Gasteiger partial charge in [-0.05, 0) is 31.6 Å². The normalized spacial score (nSPS) is 28.0. The number of fused-ring (bicyclic) bond motifs is 1. The smallest absolute Gasteiger partial charge is 0.193 e. The third kappa shape index (κ3) is 2.84. The van der Waals surface area contributed by atoms with Crippen LogP contribution in [0.5, 0.6) is 0 Å². The van der Waals surface area contributed by atoms with Crippen molar-refractivity contribution in [2.75, 3.05) is 0 Å². The first-order valence-corrected chi connectivity index (χ1v) is 8.20. The Morgan fingerprint density at radius 1 is 1.47 bits per heavy atom. The van der Waals surface area contributed by atoms with Crippen LogP contribution in [0.1, 0.15) is 51.1 Å². The van der Waals surface area contributed by atoms with Crippen molar-refractivity contribution >= 4 is 16.3 Å². The van der Waals surface area contributed by atoms with Crippen LogP contribution in [0.3, 0.4) is 0 Å². The van der Waals surface area contributed by atoms with Crippen LogP contribution in [-0.2, 0) is 6.42 Å². The number of imidazole rings is 1. The van der Waals surface area contributed by atoms with Crippen LogP contribution >= 0.6 is 11.3 Å². The van der Waals surface area contributed by atoms with Gasteiger partial charge in [-0.1, -0.05) is 19.8 Å². The van der Waals surface area contributed by atoms with Crippen LogP contribution in [0.4, 0.5) is 0 Å². The lowest BCUT2D eigenvalue weighted by molar-refractivity contribution is -0.0105. The van der Waals surface area contributed by atoms with Crippen molar-refractivity contribution in [3.05, 3.63) is 23.5 Å². The molecule has 1 N–H and O–H groups in total. The highest BCUT2D eigenvalue weighted by Gasteiger charge is 2.33. The first kappa shape index (κ1) is 13.1. The highest BCUT2D eigenvalue weighted by atomic mass is 32.1. The molecule has 0 atom stereocenters. The van der Waals surface area contributed by atoms with E-state index in [-0.39, 0.29) is 0 Å². The van der Waals surface area contributed by atoms with Gasteiger partial charge in [0.25, 0.3) is 0 Å². The Kier molecular flexibility index (Phi) is 3.63. The topological polar surface area (TPSA) is 37.5 Å². The number of aliphatic hydroxyl groups is 1. The SMILES string of the molecule is CCCC1CCC(O)(Cc2cn3ccsc3n2)CC1. The van der Waals surface area contributed by atoms with Crippen molar-refractivity contribution in [1.82, 2.24) is 9.38 Å². The predicted octanol–water partition coefficient (Wildman–Crippen LogP) is 3.66. The molecule has 3 nitrogen and oxygen atoms in total. The van der Waals surface area contributed by atoms with E-state index >= 15 is 0 Å². The minimum absolute atomic E-state index is 0.520. The predicted molar refractivity (Wildman–Crippen MR) is 78.6 cm³/mol. The number of hydrogen-bond donors (Lipinski definition) is 1. The van der Waals surface area contributed by atoms with Crippen molar-refractivity contribution in [3.63, 3.8) is 0 Å². The molecular weight excluding hydrogens is 256 g/mol. The Balaban J connectivity index is 1.64. The Morgan fingerprint density at radius 2 is 2.26 bits per heavy atom. The Morgan fingerprint density at radius 3 is 2.95 bits per heavy atom. The fourth-order valence-corrected chi connectivity index (χ4v) is 4.01. The molecule has 1 fully saturated rings. The lowest BCUT2D eigenvalue weighted by atomic mass is 9.75. The van der Waals surface area contributed by atoms with E-state index in [1.54, 1.807) is 11.3 Å². The van der Waals surface area contributed by atoms with Gasteiger partial charge in [-0.2, -0.15) is 0 Å². The number of rotatable bonds is 4. The fourth-order valence-electron chi connectivity index (χ4n) is 3.29. The quantitative estimate of drug-likeness (QED) is 0.926. The van der Waals surface area contributed by atoms with Gasteiger partial charge in [0, 0.05) is 24.2 Å². The van der Waals surface area contributed by atoms with Gasteiger partial charge < -0.3 is 5.11 Å². The average Bonchev–Trinajstić information content (AvgIpc) is 2.93. The molecule has 1 aliphatic carbocycles. The second-order valence-electron chi connectivity index (χ2n) is 5.96. The summed E-state index contributed by atoms with van der Waals surface area (Å²) in [5, 5.41) is 12.8. The second kappa shape index (κ2) is 5.25. The lowest BCUT2D eigenvalue weighted by Gasteiger charge is -2.35. The molecule has 0 spiro atoms. The summed E-state index contributed by atoms with van der Waals surface area (Å²) in [6, 6.07) is 0. The molecule has 19 heavy (non-hydrogen) atoms. The Hall–Kier alpha value is -0.870. The second-order valence-corrected chi connectivity index (χ2v) is 6.83. The van der Waals surface area contributed by atoms with Crippen molar-refractivity contribution < 1.29 is 5.11 Å². The number of thiazole rings is 1. The molecule has 0 saturated heterocycles. The molecule has 0 bridgehead atoms. The monoisotopic (exact) mass is 278 g/mol. The summed E-state index contributed by atoms with van der Waals surface area (Å²) in [5.41, 5.74) is 0.511. The molecule has 2 aromatic rings. The van der Waals surface area contributed by atoms with Crippen molar-refractivity contribution in [2.45, 2.75) is 57.5 Å². The zero-order valence-electron chi connectivity index (χ0n) is 11.5. The van der Waals surface area contributed by atoms with E-state index in [0.29, 0.717) is 6.42 Å². The first-order chi connectivity index (χ1) is 9.18. The number of aromatic nitrogens is 2. The Bertz CT molecular complexity index is 509. The molecule has 0 radical (unpaired) electrons. The van der Waals surface area contributed by atoms with E-state index in [9.17, 15) is 5.11 Å². The van der Waals surface area contributed by atoms with Crippen LogP contribution in [0.25, 0.3) is 4.96 Å². The minimum atomic E-state index is -0.520. The first-order valence-electron chi connectivity index (χ1n) is 7.32. The van der Waals surface area contributed by atoms with Crippen LogP contribution in [-0.4, -0.2) is 20.1 Å². The summed E-state index contributed by atoms with van der Waals surface area (Å²) in [7, 11) is 0. The van der Waals surface area contributed by atoms with E-state index in [2.05, 4.69) is 18.1 Å². The van der Waals surface area contributed by atoms with Gasteiger partial charge in [-0.3, -0.25) is 4.40 Å². The van der Waals surface area contributed by atoms with Crippen molar-refractivity contribution in [2.24, 2.45) is 5.92 Å². The molecule has 0 amide bonds. The molecule has 0 aliphatic heterocycles. The molecule has 2 aromatic heterocycles. The molecule has 4 heteroatoms. The largest absolute Gasteiger partial charge is 0.389 e. The Labute approximate surface area is 118 Å². The molecule has 2 heterocycles. The third-order valence-corrected chi connectivity index (χ3v) is 5.16. The van der Waals surface area contributed by atoms with E-state index in [1.807, 2.05) is 16.0 Å². The van der Waals surface area contributed by atoms with Gasteiger partial charge in [0.2, 0.25) is 0 Å². The maximum atomic E-state index is 10.7. The van der Waals surface area contributed by atoms with E-state index in [0.717, 1.165) is 29.4 Å². The summed E-state index contributed by atoms with van der Waals surface area (Å²) >= 11 is 1.65. The van der Waals surface area contributed by atoms with Crippen LogP contribution in [0, 0.1) is 5.92 Å². The molecule has 0 aromatic carbocycles. The van der Waals surface area contributed by atoms with E-state index in [1.165, 1.54) is 25.7 Å². The highest BCUT2D eigenvalue weighted by Crippen LogP contribution is 2.36. The minimum Gasteiger partial charge on any atom is -0.389 e. The fraction of sp³-hybridized carbons (Fsp3) is 0.667. The van der Waals surface area contributed by atoms with Gasteiger partial charge in [0.15, 0.2) is 4.96 Å². The highest BCUT2D eigenvalue weighted by molar-refractivity contribution is 7.15. The molecular formula is C15H22N2OS.